The van der Waals surface area contributed by atoms with E-state index in [1.807, 2.05) is 6.07 Å². The third kappa shape index (κ3) is 1.50. The average molecular weight is 207 g/mol. The van der Waals surface area contributed by atoms with E-state index in [-0.39, 0.29) is 0 Å². The van der Waals surface area contributed by atoms with Crippen molar-refractivity contribution in [2.45, 2.75) is 6.92 Å². The Hall–Kier alpha value is -2.02. The molecule has 0 fully saturated rings. The van der Waals surface area contributed by atoms with Crippen LogP contribution in [0.1, 0.15) is 5.56 Å². The van der Waals surface area contributed by atoms with Gasteiger partial charge in [-0.05, 0) is 30.2 Å². The average Bonchev–Trinajstić information content (AvgIpc) is 2.73. The van der Waals surface area contributed by atoms with Crippen molar-refractivity contribution < 1.29 is 0 Å². The Morgan fingerprint density at radius 3 is 2.50 bits per heavy atom. The summed E-state index contributed by atoms with van der Waals surface area (Å²) in [6.45, 7) is 2.11. The van der Waals surface area contributed by atoms with E-state index in [1.165, 1.54) is 27.7 Å². The molecule has 0 amide bonds. The van der Waals surface area contributed by atoms with Crippen LogP contribution < -0.4 is 0 Å². The number of hydrogen-bond acceptors (Lipinski definition) is 0. The lowest BCUT2D eigenvalue weighted by Gasteiger charge is -1.95. The minimum atomic E-state index is 1.18. The van der Waals surface area contributed by atoms with Crippen molar-refractivity contribution in [2.24, 2.45) is 0 Å². The molecule has 1 heterocycles. The van der Waals surface area contributed by atoms with Gasteiger partial charge in [-0.3, -0.25) is 0 Å². The smallest absolute Gasteiger partial charge is 0.0464 e. The van der Waals surface area contributed by atoms with E-state index < -0.39 is 0 Å². The number of nitrogens with one attached hydrogen (secondary N) is 1. The number of fused-ring (bicyclic) bond motifs is 1. The van der Waals surface area contributed by atoms with E-state index in [1.54, 1.807) is 0 Å². The highest BCUT2D eigenvalue weighted by atomic mass is 14.7. The fourth-order valence-electron chi connectivity index (χ4n) is 2.01. The van der Waals surface area contributed by atoms with Gasteiger partial charge in [-0.25, -0.2) is 0 Å². The van der Waals surface area contributed by atoms with Crippen LogP contribution in [0.5, 0.6) is 0 Å². The van der Waals surface area contributed by atoms with E-state index in [0.29, 0.717) is 0 Å². The van der Waals surface area contributed by atoms with Crippen LogP contribution in [-0.2, 0) is 0 Å². The minimum Gasteiger partial charge on any atom is -0.355 e. The van der Waals surface area contributed by atoms with Gasteiger partial charge >= 0.3 is 0 Å². The Morgan fingerprint density at radius 1 is 0.875 bits per heavy atom. The van der Waals surface area contributed by atoms with Crippen LogP contribution in [0.3, 0.4) is 0 Å². The molecule has 16 heavy (non-hydrogen) atoms. The number of hydrogen-bond donors (Lipinski definition) is 1. The third-order valence-corrected chi connectivity index (χ3v) is 2.86. The van der Waals surface area contributed by atoms with Gasteiger partial charge in [-0.1, -0.05) is 42.5 Å². The molecule has 1 nitrogen and oxygen atoms in total. The molecular weight excluding hydrogens is 194 g/mol. The summed E-state index contributed by atoms with van der Waals surface area (Å²) >= 11 is 0. The first-order valence-corrected chi connectivity index (χ1v) is 5.48. The number of aromatic amines is 1. The summed E-state index contributed by atoms with van der Waals surface area (Å²) in [6.07, 6.45) is 0. The van der Waals surface area contributed by atoms with Crippen molar-refractivity contribution in [3.05, 3.63) is 60.2 Å². The minimum absolute atomic E-state index is 1.18. The van der Waals surface area contributed by atoms with Gasteiger partial charge in [-0.15, -0.1) is 0 Å². The summed E-state index contributed by atoms with van der Waals surface area (Å²) in [5.41, 5.74) is 4.91. The molecule has 0 aliphatic heterocycles. The summed E-state index contributed by atoms with van der Waals surface area (Å²) in [5, 5.41) is 1.27. The molecule has 0 unspecified atom stereocenters. The van der Waals surface area contributed by atoms with Crippen LogP contribution in [0.2, 0.25) is 0 Å². The van der Waals surface area contributed by atoms with Crippen LogP contribution in [0.15, 0.2) is 54.6 Å². The quantitative estimate of drug-likeness (QED) is 0.617. The number of aromatic nitrogens is 1. The third-order valence-electron chi connectivity index (χ3n) is 2.86. The molecule has 1 N–H and O–H groups in total. The second-order valence-electron chi connectivity index (χ2n) is 4.14. The molecule has 0 bridgehead atoms. The monoisotopic (exact) mass is 207 g/mol. The number of aryl methyl sites for hydroxylation is 1. The summed E-state index contributed by atoms with van der Waals surface area (Å²) in [7, 11) is 0. The Balaban J connectivity index is 2.19. The fourth-order valence-corrected chi connectivity index (χ4v) is 2.01. The largest absolute Gasteiger partial charge is 0.355 e. The highest BCUT2D eigenvalue weighted by Gasteiger charge is 2.02. The van der Waals surface area contributed by atoms with E-state index >= 15 is 0 Å². The van der Waals surface area contributed by atoms with Crippen LogP contribution >= 0.6 is 0 Å². The van der Waals surface area contributed by atoms with Gasteiger partial charge in [0.05, 0.1) is 0 Å². The number of rotatable bonds is 1. The van der Waals surface area contributed by atoms with Gasteiger partial charge in [0.25, 0.3) is 0 Å². The summed E-state index contributed by atoms with van der Waals surface area (Å²) in [5.74, 6) is 0. The molecule has 0 aliphatic rings. The van der Waals surface area contributed by atoms with Gasteiger partial charge in [0.1, 0.15) is 0 Å². The van der Waals surface area contributed by atoms with Gasteiger partial charge in [0, 0.05) is 16.6 Å². The second kappa shape index (κ2) is 3.53. The molecule has 3 rings (SSSR count). The number of H-pyrrole nitrogens is 1. The SMILES string of the molecule is Cc1ccc2cc(-c3ccccc3)[nH]c2c1. The Bertz CT molecular complexity index is 620. The zero-order chi connectivity index (χ0) is 11.0. The molecule has 0 saturated heterocycles. The topological polar surface area (TPSA) is 15.8 Å². The van der Waals surface area contributed by atoms with E-state index in [4.69, 9.17) is 0 Å². The summed E-state index contributed by atoms with van der Waals surface area (Å²) < 4.78 is 0. The fraction of sp³-hybridized carbons (Fsp3) is 0.0667. The molecule has 0 atom stereocenters. The lowest BCUT2D eigenvalue weighted by molar-refractivity contribution is 1.43. The Kier molecular flexibility index (Phi) is 2.03. The lowest BCUT2D eigenvalue weighted by Crippen LogP contribution is -1.75. The molecule has 78 valence electrons. The molecule has 1 aromatic heterocycles. The zero-order valence-electron chi connectivity index (χ0n) is 9.20. The van der Waals surface area contributed by atoms with Crippen molar-refractivity contribution in [3.63, 3.8) is 0 Å². The van der Waals surface area contributed by atoms with Crippen molar-refractivity contribution in [3.8, 4) is 11.3 Å². The van der Waals surface area contributed by atoms with E-state index in [2.05, 4.69) is 60.4 Å². The molecule has 3 aromatic rings. The first kappa shape index (κ1) is 9.22. The van der Waals surface area contributed by atoms with Gasteiger partial charge in [-0.2, -0.15) is 0 Å². The molecule has 0 saturated carbocycles. The van der Waals surface area contributed by atoms with E-state index in [0.717, 1.165) is 0 Å². The maximum atomic E-state index is 3.45. The van der Waals surface area contributed by atoms with Gasteiger partial charge in [0.2, 0.25) is 0 Å². The molecule has 0 spiro atoms. The van der Waals surface area contributed by atoms with Crippen molar-refractivity contribution >= 4 is 10.9 Å². The predicted molar refractivity (Wildman–Crippen MR) is 68.5 cm³/mol. The first-order valence-electron chi connectivity index (χ1n) is 5.48. The number of benzene rings is 2. The summed E-state index contributed by atoms with van der Waals surface area (Å²) in [4.78, 5) is 3.45. The zero-order valence-corrected chi connectivity index (χ0v) is 9.20. The molecule has 2 aromatic carbocycles. The second-order valence-corrected chi connectivity index (χ2v) is 4.14. The summed E-state index contributed by atoms with van der Waals surface area (Å²) in [6, 6.07) is 19.1. The Labute approximate surface area is 94.7 Å². The maximum absolute atomic E-state index is 3.45. The molecular formula is C15H13N. The van der Waals surface area contributed by atoms with Crippen molar-refractivity contribution in [1.82, 2.24) is 4.98 Å². The highest BCUT2D eigenvalue weighted by molar-refractivity contribution is 5.86. The first-order chi connectivity index (χ1) is 7.83. The molecule has 0 radical (unpaired) electrons. The van der Waals surface area contributed by atoms with Crippen molar-refractivity contribution in [2.75, 3.05) is 0 Å². The highest BCUT2D eigenvalue weighted by Crippen LogP contribution is 2.24. The van der Waals surface area contributed by atoms with Gasteiger partial charge < -0.3 is 4.98 Å². The van der Waals surface area contributed by atoms with Gasteiger partial charge in [0.15, 0.2) is 0 Å². The maximum Gasteiger partial charge on any atom is 0.0464 e. The predicted octanol–water partition coefficient (Wildman–Crippen LogP) is 4.14. The van der Waals surface area contributed by atoms with Crippen LogP contribution in [0, 0.1) is 6.92 Å². The molecule has 1 heteroatoms. The van der Waals surface area contributed by atoms with Crippen LogP contribution in [0.25, 0.3) is 22.2 Å². The van der Waals surface area contributed by atoms with Crippen LogP contribution in [-0.4, -0.2) is 4.98 Å². The standard InChI is InChI=1S/C15H13N/c1-11-7-8-13-10-15(16-14(13)9-11)12-5-3-2-4-6-12/h2-10,16H,1H3. The lowest BCUT2D eigenvalue weighted by atomic mass is 10.1. The Morgan fingerprint density at radius 2 is 1.69 bits per heavy atom. The van der Waals surface area contributed by atoms with Crippen molar-refractivity contribution in [1.29, 1.82) is 0 Å². The van der Waals surface area contributed by atoms with Crippen LogP contribution in [0.4, 0.5) is 0 Å². The normalized spacial score (nSPS) is 10.8. The van der Waals surface area contributed by atoms with E-state index in [9.17, 15) is 0 Å². The molecule has 0 aliphatic carbocycles.